The molecule has 116 valence electrons. The number of aryl methyl sites for hydroxylation is 1. The first-order chi connectivity index (χ1) is 10.1. The molecule has 0 spiro atoms. The lowest BCUT2D eigenvalue weighted by molar-refractivity contribution is -0.0122. The fourth-order valence-electron chi connectivity index (χ4n) is 2.43. The first-order valence-corrected chi connectivity index (χ1v) is 7.65. The molecule has 5 heteroatoms. The molecule has 1 aliphatic rings. The van der Waals surface area contributed by atoms with Crippen molar-refractivity contribution in [2.75, 3.05) is 33.4 Å². The Labute approximate surface area is 131 Å². The average molecular weight is 312 g/mol. The maximum atomic E-state index is 12.4. The van der Waals surface area contributed by atoms with E-state index in [4.69, 9.17) is 21.1 Å². The van der Waals surface area contributed by atoms with E-state index in [1.165, 1.54) is 0 Å². The van der Waals surface area contributed by atoms with Crippen LogP contribution in [-0.2, 0) is 9.47 Å². The van der Waals surface area contributed by atoms with Crippen LogP contribution in [0.3, 0.4) is 0 Å². The predicted molar refractivity (Wildman–Crippen MR) is 82.9 cm³/mol. The van der Waals surface area contributed by atoms with Crippen molar-refractivity contribution in [1.29, 1.82) is 0 Å². The van der Waals surface area contributed by atoms with Crippen molar-refractivity contribution < 1.29 is 14.3 Å². The van der Waals surface area contributed by atoms with Crippen LogP contribution in [0, 0.1) is 6.92 Å². The van der Waals surface area contributed by atoms with E-state index >= 15 is 0 Å². The van der Waals surface area contributed by atoms with Gasteiger partial charge in [-0.05, 0) is 37.5 Å². The van der Waals surface area contributed by atoms with Gasteiger partial charge in [0.25, 0.3) is 5.91 Å². The number of benzene rings is 1. The van der Waals surface area contributed by atoms with E-state index in [0.717, 1.165) is 31.5 Å². The van der Waals surface area contributed by atoms with Crippen LogP contribution in [-0.4, -0.2) is 50.3 Å². The van der Waals surface area contributed by atoms with Gasteiger partial charge in [-0.1, -0.05) is 17.7 Å². The normalized spacial score (nSPS) is 16.2. The van der Waals surface area contributed by atoms with Crippen LogP contribution in [0.15, 0.2) is 18.2 Å². The highest BCUT2D eigenvalue weighted by molar-refractivity contribution is 6.31. The third-order valence-corrected chi connectivity index (χ3v) is 4.20. The number of nitrogens with zero attached hydrogens (tertiary/aromatic N) is 1. The van der Waals surface area contributed by atoms with Crippen LogP contribution >= 0.6 is 11.6 Å². The zero-order valence-electron chi connectivity index (χ0n) is 12.6. The molecule has 0 aliphatic carbocycles. The van der Waals surface area contributed by atoms with Crippen molar-refractivity contribution in [1.82, 2.24) is 4.90 Å². The van der Waals surface area contributed by atoms with E-state index in [-0.39, 0.29) is 12.0 Å². The maximum Gasteiger partial charge on any atom is 0.253 e. The molecular formula is C16H22ClNO3. The lowest BCUT2D eigenvalue weighted by Crippen LogP contribution is -2.41. The lowest BCUT2D eigenvalue weighted by atomic mass is 10.1. The molecule has 1 heterocycles. The summed E-state index contributed by atoms with van der Waals surface area (Å²) < 4.78 is 10.7. The van der Waals surface area contributed by atoms with Gasteiger partial charge in [0.05, 0.1) is 19.3 Å². The number of piperidine rings is 1. The minimum absolute atomic E-state index is 0.0484. The van der Waals surface area contributed by atoms with Crippen LogP contribution in [0.25, 0.3) is 0 Å². The number of rotatable bonds is 5. The first kappa shape index (κ1) is 16.3. The van der Waals surface area contributed by atoms with Crippen LogP contribution < -0.4 is 0 Å². The molecule has 0 aromatic heterocycles. The molecule has 0 unspecified atom stereocenters. The van der Waals surface area contributed by atoms with Crippen LogP contribution in [0.4, 0.5) is 0 Å². The molecule has 21 heavy (non-hydrogen) atoms. The second kappa shape index (κ2) is 7.78. The largest absolute Gasteiger partial charge is 0.382 e. The van der Waals surface area contributed by atoms with E-state index in [9.17, 15) is 4.79 Å². The second-order valence-electron chi connectivity index (χ2n) is 5.32. The molecule has 1 amide bonds. The fraction of sp³-hybridized carbons (Fsp3) is 0.562. The minimum atomic E-state index is 0.0484. The van der Waals surface area contributed by atoms with Crippen molar-refractivity contribution in [2.45, 2.75) is 25.9 Å². The third kappa shape index (κ3) is 4.43. The molecule has 1 aromatic rings. The maximum absolute atomic E-state index is 12.4. The summed E-state index contributed by atoms with van der Waals surface area (Å²) in [4.78, 5) is 14.3. The molecule has 0 atom stereocenters. The number of hydrogen-bond acceptors (Lipinski definition) is 3. The summed E-state index contributed by atoms with van der Waals surface area (Å²) in [6.45, 7) is 4.60. The topological polar surface area (TPSA) is 38.8 Å². The summed E-state index contributed by atoms with van der Waals surface area (Å²) in [7, 11) is 1.66. The Morgan fingerprint density at radius 2 is 2.05 bits per heavy atom. The molecular weight excluding hydrogens is 290 g/mol. The average Bonchev–Trinajstić information content (AvgIpc) is 2.50. The summed E-state index contributed by atoms with van der Waals surface area (Å²) >= 11 is 6.09. The highest BCUT2D eigenvalue weighted by atomic mass is 35.5. The fourth-order valence-corrected chi connectivity index (χ4v) is 2.61. The monoisotopic (exact) mass is 311 g/mol. The number of ether oxygens (including phenoxy) is 2. The Bertz CT molecular complexity index is 484. The Kier molecular flexibility index (Phi) is 6.03. The summed E-state index contributed by atoms with van der Waals surface area (Å²) in [5.74, 6) is 0.0484. The van der Waals surface area contributed by atoms with Gasteiger partial charge in [0, 0.05) is 30.8 Å². The molecule has 0 bridgehead atoms. The number of carbonyl (C=O) groups is 1. The summed E-state index contributed by atoms with van der Waals surface area (Å²) in [6, 6.07) is 5.47. The van der Waals surface area contributed by atoms with Crippen molar-refractivity contribution in [2.24, 2.45) is 0 Å². The van der Waals surface area contributed by atoms with Crippen molar-refractivity contribution in [3.8, 4) is 0 Å². The van der Waals surface area contributed by atoms with Gasteiger partial charge in [0.15, 0.2) is 0 Å². The van der Waals surface area contributed by atoms with Gasteiger partial charge >= 0.3 is 0 Å². The number of methoxy groups -OCH3 is 1. The minimum Gasteiger partial charge on any atom is -0.382 e. The van der Waals surface area contributed by atoms with Gasteiger partial charge < -0.3 is 14.4 Å². The molecule has 2 rings (SSSR count). The van der Waals surface area contributed by atoms with Gasteiger partial charge in [-0.25, -0.2) is 0 Å². The zero-order valence-corrected chi connectivity index (χ0v) is 13.4. The molecule has 0 saturated carbocycles. The number of amides is 1. The Hall–Kier alpha value is -1.10. The molecule has 1 fully saturated rings. The van der Waals surface area contributed by atoms with Gasteiger partial charge in [0.1, 0.15) is 0 Å². The van der Waals surface area contributed by atoms with Crippen LogP contribution in [0.5, 0.6) is 0 Å². The SMILES string of the molecule is COCCOC1CCN(C(=O)c2ccc(C)c(Cl)c2)CC1. The standard InChI is InChI=1S/C16H22ClNO3/c1-12-3-4-13(11-15(12)17)16(19)18-7-5-14(6-8-18)21-10-9-20-2/h3-4,11,14H,5-10H2,1-2H3. The van der Waals surface area contributed by atoms with E-state index in [2.05, 4.69) is 0 Å². The van der Waals surface area contributed by atoms with Crippen molar-refractivity contribution >= 4 is 17.5 Å². The molecule has 1 aromatic carbocycles. The smallest absolute Gasteiger partial charge is 0.253 e. The zero-order chi connectivity index (χ0) is 15.2. The quantitative estimate of drug-likeness (QED) is 0.785. The number of halogens is 1. The first-order valence-electron chi connectivity index (χ1n) is 7.27. The van der Waals surface area contributed by atoms with Crippen LogP contribution in [0.2, 0.25) is 5.02 Å². The molecule has 0 radical (unpaired) electrons. The Morgan fingerprint density at radius 1 is 1.33 bits per heavy atom. The number of carbonyl (C=O) groups excluding carboxylic acids is 1. The highest BCUT2D eigenvalue weighted by Crippen LogP contribution is 2.20. The van der Waals surface area contributed by atoms with Gasteiger partial charge in [-0.3, -0.25) is 4.79 Å². The summed E-state index contributed by atoms with van der Waals surface area (Å²) in [6.07, 6.45) is 1.97. The Morgan fingerprint density at radius 3 is 2.67 bits per heavy atom. The summed E-state index contributed by atoms with van der Waals surface area (Å²) in [5, 5.41) is 0.638. The van der Waals surface area contributed by atoms with Gasteiger partial charge in [-0.15, -0.1) is 0 Å². The molecule has 4 nitrogen and oxygen atoms in total. The predicted octanol–water partition coefficient (Wildman–Crippen LogP) is 2.92. The molecule has 1 saturated heterocycles. The number of likely N-dealkylation sites (tertiary alicyclic amines) is 1. The molecule has 0 N–H and O–H groups in total. The van der Waals surface area contributed by atoms with Gasteiger partial charge in [-0.2, -0.15) is 0 Å². The van der Waals surface area contributed by atoms with Crippen molar-refractivity contribution in [3.05, 3.63) is 34.3 Å². The molecule has 1 aliphatic heterocycles. The van der Waals surface area contributed by atoms with E-state index in [0.29, 0.717) is 23.8 Å². The number of hydrogen-bond donors (Lipinski definition) is 0. The van der Waals surface area contributed by atoms with Crippen LogP contribution in [0.1, 0.15) is 28.8 Å². The van der Waals surface area contributed by atoms with Gasteiger partial charge in [0.2, 0.25) is 0 Å². The Balaban J connectivity index is 1.86. The van der Waals surface area contributed by atoms with E-state index in [1.54, 1.807) is 13.2 Å². The second-order valence-corrected chi connectivity index (χ2v) is 5.73. The van der Waals surface area contributed by atoms with E-state index < -0.39 is 0 Å². The third-order valence-electron chi connectivity index (χ3n) is 3.79. The van der Waals surface area contributed by atoms with E-state index in [1.807, 2.05) is 24.0 Å². The lowest BCUT2D eigenvalue weighted by Gasteiger charge is -2.32. The van der Waals surface area contributed by atoms with Crippen molar-refractivity contribution in [3.63, 3.8) is 0 Å². The summed E-state index contributed by atoms with van der Waals surface area (Å²) in [5.41, 5.74) is 1.64. The highest BCUT2D eigenvalue weighted by Gasteiger charge is 2.24.